The second kappa shape index (κ2) is 3.37. The number of benzene rings is 1. The molecule has 2 heteroatoms. The zero-order valence-electron chi connectivity index (χ0n) is 8.46. The fourth-order valence-corrected chi connectivity index (χ4v) is 1.98. The van der Waals surface area contributed by atoms with E-state index in [0.717, 1.165) is 23.4 Å². The average Bonchev–Trinajstić information content (AvgIpc) is 2.67. The molecule has 0 saturated heterocycles. The second-order valence-corrected chi connectivity index (χ2v) is 3.89. The number of nitrogen functional groups attached to an aromatic ring is 2. The first-order chi connectivity index (χ1) is 6.70. The van der Waals surface area contributed by atoms with E-state index >= 15 is 0 Å². The summed E-state index contributed by atoms with van der Waals surface area (Å²) in [6, 6.07) is 4.01. The molecular formula is C12H16N2. The van der Waals surface area contributed by atoms with Gasteiger partial charge >= 0.3 is 0 Å². The maximum atomic E-state index is 6.05. The summed E-state index contributed by atoms with van der Waals surface area (Å²) >= 11 is 0. The summed E-state index contributed by atoms with van der Waals surface area (Å²) in [5.74, 6) is 0.495. The van der Waals surface area contributed by atoms with E-state index < -0.39 is 0 Å². The van der Waals surface area contributed by atoms with Gasteiger partial charge in [-0.1, -0.05) is 18.2 Å². The van der Waals surface area contributed by atoms with Crippen LogP contribution >= 0.6 is 0 Å². The molecule has 2 rings (SSSR count). The highest BCUT2D eigenvalue weighted by atomic mass is 14.6. The molecule has 0 amide bonds. The molecule has 1 aromatic carbocycles. The SMILES string of the molecule is Cc1c(N)ccc(C2C=CCC2)c1N. The summed E-state index contributed by atoms with van der Waals surface area (Å²) in [4.78, 5) is 0. The van der Waals surface area contributed by atoms with Crippen LogP contribution < -0.4 is 11.5 Å². The zero-order chi connectivity index (χ0) is 10.1. The first kappa shape index (κ1) is 9.13. The molecule has 4 N–H and O–H groups in total. The van der Waals surface area contributed by atoms with E-state index in [9.17, 15) is 0 Å². The quantitative estimate of drug-likeness (QED) is 0.525. The van der Waals surface area contributed by atoms with Gasteiger partial charge in [-0.2, -0.15) is 0 Å². The van der Waals surface area contributed by atoms with Crippen LogP contribution in [0.15, 0.2) is 24.3 Å². The van der Waals surface area contributed by atoms with E-state index in [1.807, 2.05) is 13.0 Å². The average molecular weight is 188 g/mol. The fraction of sp³-hybridized carbons (Fsp3) is 0.333. The molecule has 0 aliphatic heterocycles. The molecule has 0 radical (unpaired) electrons. The smallest absolute Gasteiger partial charge is 0.0403 e. The minimum atomic E-state index is 0.495. The normalized spacial score (nSPS) is 20.2. The van der Waals surface area contributed by atoms with Crippen molar-refractivity contribution >= 4 is 11.4 Å². The lowest BCUT2D eigenvalue weighted by Crippen LogP contribution is -2.03. The van der Waals surface area contributed by atoms with E-state index in [0.29, 0.717) is 5.92 Å². The van der Waals surface area contributed by atoms with Crippen molar-refractivity contribution in [1.29, 1.82) is 0 Å². The van der Waals surface area contributed by atoms with Crippen LogP contribution in [-0.2, 0) is 0 Å². The lowest BCUT2D eigenvalue weighted by molar-refractivity contribution is 0.802. The maximum absolute atomic E-state index is 6.05. The minimum absolute atomic E-state index is 0.495. The van der Waals surface area contributed by atoms with Gasteiger partial charge in [-0.25, -0.2) is 0 Å². The van der Waals surface area contributed by atoms with E-state index in [4.69, 9.17) is 11.5 Å². The fourth-order valence-electron chi connectivity index (χ4n) is 1.98. The minimum Gasteiger partial charge on any atom is -0.398 e. The summed E-state index contributed by atoms with van der Waals surface area (Å²) in [5, 5.41) is 0. The largest absolute Gasteiger partial charge is 0.398 e. The number of nitrogens with two attached hydrogens (primary N) is 2. The van der Waals surface area contributed by atoms with E-state index in [1.165, 1.54) is 12.0 Å². The Kier molecular flexibility index (Phi) is 2.20. The van der Waals surface area contributed by atoms with Crippen molar-refractivity contribution in [3.05, 3.63) is 35.4 Å². The lowest BCUT2D eigenvalue weighted by Gasteiger charge is -2.14. The van der Waals surface area contributed by atoms with Gasteiger partial charge in [0.2, 0.25) is 0 Å². The Hall–Kier alpha value is -1.44. The Morgan fingerprint density at radius 2 is 2.07 bits per heavy atom. The third kappa shape index (κ3) is 1.37. The van der Waals surface area contributed by atoms with Crippen LogP contribution in [0.3, 0.4) is 0 Å². The van der Waals surface area contributed by atoms with Gasteiger partial charge in [0.1, 0.15) is 0 Å². The van der Waals surface area contributed by atoms with E-state index in [2.05, 4.69) is 18.2 Å². The van der Waals surface area contributed by atoms with Crippen LogP contribution in [0, 0.1) is 6.92 Å². The molecule has 0 saturated carbocycles. The number of rotatable bonds is 1. The molecule has 0 bridgehead atoms. The van der Waals surface area contributed by atoms with Crippen molar-refractivity contribution in [2.24, 2.45) is 0 Å². The molecule has 0 heterocycles. The van der Waals surface area contributed by atoms with Gasteiger partial charge in [0.15, 0.2) is 0 Å². The summed E-state index contributed by atoms with van der Waals surface area (Å²) in [6.45, 7) is 1.98. The van der Waals surface area contributed by atoms with Crippen molar-refractivity contribution in [3.8, 4) is 0 Å². The highest BCUT2D eigenvalue weighted by Gasteiger charge is 2.15. The molecule has 1 unspecified atom stereocenters. The van der Waals surface area contributed by atoms with Crippen molar-refractivity contribution in [1.82, 2.24) is 0 Å². The number of anilines is 2. The Bertz CT molecular complexity index is 380. The van der Waals surface area contributed by atoms with E-state index in [1.54, 1.807) is 0 Å². The van der Waals surface area contributed by atoms with E-state index in [-0.39, 0.29) is 0 Å². The molecule has 1 aliphatic rings. The summed E-state index contributed by atoms with van der Waals surface area (Å²) in [6.07, 6.45) is 6.79. The third-order valence-electron chi connectivity index (χ3n) is 3.00. The Morgan fingerprint density at radius 1 is 1.29 bits per heavy atom. The number of hydrogen-bond donors (Lipinski definition) is 2. The molecule has 0 fully saturated rings. The first-order valence-corrected chi connectivity index (χ1v) is 5.01. The summed E-state index contributed by atoms with van der Waals surface area (Å²) < 4.78 is 0. The lowest BCUT2D eigenvalue weighted by atomic mass is 9.94. The van der Waals surface area contributed by atoms with Crippen molar-refractivity contribution in [3.63, 3.8) is 0 Å². The van der Waals surface area contributed by atoms with Crippen LogP contribution in [-0.4, -0.2) is 0 Å². The predicted molar refractivity (Wildman–Crippen MR) is 61.1 cm³/mol. The van der Waals surface area contributed by atoms with Crippen LogP contribution in [0.5, 0.6) is 0 Å². The monoisotopic (exact) mass is 188 g/mol. The van der Waals surface area contributed by atoms with Crippen LogP contribution in [0.25, 0.3) is 0 Å². The van der Waals surface area contributed by atoms with Crippen LogP contribution in [0.4, 0.5) is 11.4 Å². The van der Waals surface area contributed by atoms with Gasteiger partial charge in [-0.3, -0.25) is 0 Å². The van der Waals surface area contributed by atoms with Gasteiger partial charge in [0.25, 0.3) is 0 Å². The van der Waals surface area contributed by atoms with Gasteiger partial charge in [0, 0.05) is 17.3 Å². The molecule has 2 nitrogen and oxygen atoms in total. The molecule has 74 valence electrons. The number of hydrogen-bond acceptors (Lipinski definition) is 2. The molecule has 0 spiro atoms. The van der Waals surface area contributed by atoms with Crippen LogP contribution in [0.1, 0.15) is 29.9 Å². The summed E-state index contributed by atoms with van der Waals surface area (Å²) in [5.41, 5.74) is 15.7. The standard InChI is InChI=1S/C12H16N2/c1-8-11(13)7-6-10(12(8)14)9-4-2-3-5-9/h2,4,6-7,9H,3,5,13-14H2,1H3. The van der Waals surface area contributed by atoms with Crippen molar-refractivity contribution in [2.75, 3.05) is 11.5 Å². The van der Waals surface area contributed by atoms with Gasteiger partial charge < -0.3 is 11.5 Å². The van der Waals surface area contributed by atoms with Crippen LogP contribution in [0.2, 0.25) is 0 Å². The highest BCUT2D eigenvalue weighted by Crippen LogP contribution is 2.34. The van der Waals surface area contributed by atoms with Gasteiger partial charge in [-0.05, 0) is 37.0 Å². The van der Waals surface area contributed by atoms with Gasteiger partial charge in [0.05, 0.1) is 0 Å². The maximum Gasteiger partial charge on any atom is 0.0403 e. The molecule has 14 heavy (non-hydrogen) atoms. The molecular weight excluding hydrogens is 172 g/mol. The third-order valence-corrected chi connectivity index (χ3v) is 3.00. The first-order valence-electron chi connectivity index (χ1n) is 5.01. The highest BCUT2D eigenvalue weighted by molar-refractivity contribution is 5.66. The Morgan fingerprint density at radius 3 is 2.71 bits per heavy atom. The van der Waals surface area contributed by atoms with Crippen molar-refractivity contribution in [2.45, 2.75) is 25.7 Å². The summed E-state index contributed by atoms with van der Waals surface area (Å²) in [7, 11) is 0. The topological polar surface area (TPSA) is 52.0 Å². The Labute approximate surface area is 84.6 Å². The molecule has 1 aromatic rings. The van der Waals surface area contributed by atoms with Crippen molar-refractivity contribution < 1.29 is 0 Å². The molecule has 1 aliphatic carbocycles. The molecule has 1 atom stereocenters. The molecule has 0 aromatic heterocycles. The zero-order valence-corrected chi connectivity index (χ0v) is 8.46. The second-order valence-electron chi connectivity index (χ2n) is 3.89. The predicted octanol–water partition coefficient (Wildman–Crippen LogP) is 2.59. The number of allylic oxidation sites excluding steroid dienone is 2. The van der Waals surface area contributed by atoms with Gasteiger partial charge in [-0.15, -0.1) is 0 Å². The Balaban J connectivity index is 2.43.